The van der Waals surface area contributed by atoms with Gasteiger partial charge >= 0.3 is 0 Å². The molecule has 1 N–H and O–H groups in total. The Bertz CT molecular complexity index is 740. The number of aliphatic hydroxyl groups excluding tert-OH is 1. The number of piperidine rings is 1. The van der Waals surface area contributed by atoms with Crippen molar-refractivity contribution in [1.29, 1.82) is 0 Å². The molecule has 0 unspecified atom stereocenters. The summed E-state index contributed by atoms with van der Waals surface area (Å²) in [5.74, 6) is -0.192. The van der Waals surface area contributed by atoms with E-state index >= 15 is 0 Å². The van der Waals surface area contributed by atoms with E-state index in [4.69, 9.17) is 0 Å². The van der Waals surface area contributed by atoms with Crippen LogP contribution in [0, 0.1) is 18.3 Å². The first-order valence-corrected chi connectivity index (χ1v) is 9.87. The molecule has 0 radical (unpaired) electrons. The lowest BCUT2D eigenvalue weighted by atomic mass is 9.73. The van der Waals surface area contributed by atoms with Crippen molar-refractivity contribution < 1.29 is 18.3 Å². The van der Waals surface area contributed by atoms with Crippen LogP contribution >= 0.6 is 0 Å². The predicted molar refractivity (Wildman–Crippen MR) is 87.9 cm³/mol. The Balaban J connectivity index is 1.79. The van der Waals surface area contributed by atoms with Crippen molar-refractivity contribution in [3.8, 4) is 0 Å². The summed E-state index contributed by atoms with van der Waals surface area (Å²) in [5.41, 5.74) is 0.869. The first kappa shape index (κ1) is 17.4. The molecule has 3 rings (SSSR count). The molecule has 0 aromatic carbocycles. The van der Waals surface area contributed by atoms with Crippen LogP contribution in [-0.2, 0) is 17.1 Å². The predicted octanol–water partition coefficient (Wildman–Crippen LogP) is -0.555. The molecule has 1 aromatic heterocycles. The Labute approximate surface area is 142 Å². The van der Waals surface area contributed by atoms with Crippen molar-refractivity contribution in [3.63, 3.8) is 0 Å². The van der Waals surface area contributed by atoms with Gasteiger partial charge in [0.05, 0.1) is 12.9 Å². The maximum absolute atomic E-state index is 12.7. The van der Waals surface area contributed by atoms with Crippen LogP contribution in [0.2, 0.25) is 0 Å². The zero-order chi connectivity index (χ0) is 17.7. The highest BCUT2D eigenvalue weighted by molar-refractivity contribution is 7.88. The maximum atomic E-state index is 12.7. The minimum atomic E-state index is -3.30. The zero-order valence-electron chi connectivity index (χ0n) is 14.3. The Morgan fingerprint density at radius 3 is 2.71 bits per heavy atom. The van der Waals surface area contributed by atoms with Gasteiger partial charge in [0, 0.05) is 44.3 Å². The Hall–Kier alpha value is -1.45. The monoisotopic (exact) mass is 356 g/mol. The second-order valence-electron chi connectivity index (χ2n) is 7.07. The van der Waals surface area contributed by atoms with Crippen LogP contribution in [-0.4, -0.2) is 77.5 Å². The number of hydrogen-bond acceptors (Lipinski definition) is 5. The van der Waals surface area contributed by atoms with E-state index < -0.39 is 15.4 Å². The lowest BCUT2D eigenvalue weighted by Crippen LogP contribution is -2.50. The quantitative estimate of drug-likeness (QED) is 0.784. The van der Waals surface area contributed by atoms with Crippen LogP contribution in [0.5, 0.6) is 0 Å². The summed E-state index contributed by atoms with van der Waals surface area (Å²) in [6.45, 7) is 3.46. The summed E-state index contributed by atoms with van der Waals surface area (Å²) in [7, 11) is -1.51. The van der Waals surface area contributed by atoms with Crippen LogP contribution in [0.3, 0.4) is 0 Å². The summed E-state index contributed by atoms with van der Waals surface area (Å²) >= 11 is 0. The van der Waals surface area contributed by atoms with Crippen LogP contribution < -0.4 is 0 Å². The summed E-state index contributed by atoms with van der Waals surface area (Å²) < 4.78 is 26.8. The van der Waals surface area contributed by atoms with Gasteiger partial charge in [-0.2, -0.15) is 5.10 Å². The van der Waals surface area contributed by atoms with Crippen LogP contribution in [0.4, 0.5) is 0 Å². The zero-order valence-corrected chi connectivity index (χ0v) is 15.1. The van der Waals surface area contributed by atoms with E-state index in [2.05, 4.69) is 5.10 Å². The molecule has 1 aromatic rings. The fraction of sp³-hybridized carbons (Fsp3) is 0.733. The number of sulfonamides is 1. The van der Waals surface area contributed by atoms with Gasteiger partial charge in [0.15, 0.2) is 5.69 Å². The van der Waals surface area contributed by atoms with E-state index in [1.807, 2.05) is 6.92 Å². The molecule has 2 saturated heterocycles. The molecule has 24 heavy (non-hydrogen) atoms. The third kappa shape index (κ3) is 2.84. The van der Waals surface area contributed by atoms with E-state index in [9.17, 15) is 18.3 Å². The van der Waals surface area contributed by atoms with Gasteiger partial charge in [-0.25, -0.2) is 12.7 Å². The average Bonchev–Trinajstić information content (AvgIpc) is 3.07. The summed E-state index contributed by atoms with van der Waals surface area (Å²) in [4.78, 5) is 14.4. The van der Waals surface area contributed by atoms with E-state index in [1.165, 1.54) is 10.6 Å². The fourth-order valence-electron chi connectivity index (χ4n) is 3.76. The highest BCUT2D eigenvalue weighted by Gasteiger charge is 2.51. The fourth-order valence-corrected chi connectivity index (χ4v) is 4.70. The van der Waals surface area contributed by atoms with Crippen molar-refractivity contribution >= 4 is 15.9 Å². The van der Waals surface area contributed by atoms with Gasteiger partial charge in [-0.05, 0) is 25.3 Å². The number of likely N-dealkylation sites (tertiary alicyclic amines) is 1. The topological polar surface area (TPSA) is 95.7 Å². The number of aliphatic hydroxyl groups is 1. The minimum absolute atomic E-state index is 0.0558. The van der Waals surface area contributed by atoms with Gasteiger partial charge in [0.1, 0.15) is 0 Å². The lowest BCUT2D eigenvalue weighted by molar-refractivity contribution is 0.0182. The molecule has 0 aliphatic carbocycles. The second-order valence-corrected chi connectivity index (χ2v) is 9.05. The minimum Gasteiger partial charge on any atom is -0.396 e. The number of aromatic nitrogens is 2. The van der Waals surface area contributed by atoms with Crippen molar-refractivity contribution in [1.82, 2.24) is 19.0 Å². The van der Waals surface area contributed by atoms with Gasteiger partial charge in [-0.3, -0.25) is 9.48 Å². The molecule has 0 spiro atoms. The first-order valence-electron chi connectivity index (χ1n) is 8.02. The number of hydrogen-bond donors (Lipinski definition) is 1. The molecule has 2 fully saturated rings. The lowest BCUT2D eigenvalue weighted by Gasteiger charge is -2.42. The van der Waals surface area contributed by atoms with Crippen molar-refractivity contribution in [3.05, 3.63) is 17.5 Å². The van der Waals surface area contributed by atoms with Gasteiger partial charge < -0.3 is 10.0 Å². The molecule has 2 aliphatic rings. The number of amides is 1. The van der Waals surface area contributed by atoms with E-state index in [1.54, 1.807) is 22.7 Å². The summed E-state index contributed by atoms with van der Waals surface area (Å²) in [6.07, 6.45) is 1.78. The normalized spacial score (nSPS) is 28.2. The molecule has 0 bridgehead atoms. The van der Waals surface area contributed by atoms with Crippen molar-refractivity contribution in [2.75, 3.05) is 39.0 Å². The van der Waals surface area contributed by atoms with Gasteiger partial charge in [-0.1, -0.05) is 0 Å². The van der Waals surface area contributed by atoms with Gasteiger partial charge in [0.2, 0.25) is 10.0 Å². The van der Waals surface area contributed by atoms with E-state index in [0.29, 0.717) is 38.3 Å². The third-order valence-electron chi connectivity index (χ3n) is 5.51. The molecule has 2 atom stereocenters. The maximum Gasteiger partial charge on any atom is 0.274 e. The molecule has 2 aliphatic heterocycles. The molecular formula is C15H24N4O4S. The molecular weight excluding hydrogens is 332 g/mol. The number of rotatable bonds is 3. The van der Waals surface area contributed by atoms with E-state index in [0.717, 1.165) is 5.69 Å². The smallest absolute Gasteiger partial charge is 0.274 e. The molecule has 3 heterocycles. The largest absolute Gasteiger partial charge is 0.396 e. The standard InChI is InChI=1S/C15H24N4O4S/c1-11-6-13(16-17(11)2)14(21)18-5-4-15(10-20)9-19(24(3,22)23)8-12(15)7-18/h6,12,20H,4-5,7-10H2,1-3H3/t12-,15+/m1/s1. The van der Waals surface area contributed by atoms with Crippen LogP contribution in [0.25, 0.3) is 0 Å². The number of fused-ring (bicyclic) bond motifs is 1. The molecule has 134 valence electrons. The SMILES string of the molecule is Cc1cc(C(=O)N2CC[C@@]3(CO)CN(S(C)(=O)=O)C[C@H]3C2)nn1C. The number of carbonyl (C=O) groups is 1. The number of carbonyl (C=O) groups excluding carboxylic acids is 1. The van der Waals surface area contributed by atoms with Gasteiger partial charge in [0.25, 0.3) is 5.91 Å². The Morgan fingerprint density at radius 1 is 1.46 bits per heavy atom. The first-order chi connectivity index (χ1) is 11.2. The van der Waals surface area contributed by atoms with Crippen molar-refractivity contribution in [2.24, 2.45) is 18.4 Å². The van der Waals surface area contributed by atoms with Crippen molar-refractivity contribution in [2.45, 2.75) is 13.3 Å². The highest BCUT2D eigenvalue weighted by atomic mass is 32.2. The van der Waals surface area contributed by atoms with E-state index in [-0.39, 0.29) is 18.4 Å². The molecule has 9 heteroatoms. The van der Waals surface area contributed by atoms with Gasteiger partial charge in [-0.15, -0.1) is 0 Å². The number of aryl methyl sites for hydroxylation is 2. The van der Waals surface area contributed by atoms with Crippen LogP contribution in [0.1, 0.15) is 22.6 Å². The highest BCUT2D eigenvalue weighted by Crippen LogP contribution is 2.43. The number of nitrogens with zero attached hydrogens (tertiary/aromatic N) is 4. The summed E-state index contributed by atoms with van der Waals surface area (Å²) in [5, 5.41) is 14.1. The molecule has 0 saturated carbocycles. The average molecular weight is 356 g/mol. The Morgan fingerprint density at radius 2 is 2.17 bits per heavy atom. The summed E-state index contributed by atoms with van der Waals surface area (Å²) in [6, 6.07) is 1.76. The Kier molecular flexibility index (Phi) is 4.21. The molecule has 1 amide bonds. The van der Waals surface area contributed by atoms with Crippen LogP contribution in [0.15, 0.2) is 6.07 Å². The second kappa shape index (κ2) is 5.82. The molecule has 8 nitrogen and oxygen atoms in total. The third-order valence-corrected chi connectivity index (χ3v) is 6.72.